The number of hydrogen-bond donors (Lipinski definition) is 5. The van der Waals surface area contributed by atoms with Gasteiger partial charge in [0.2, 0.25) is 33.7 Å². The average molecular weight is 776 g/mol. The van der Waals surface area contributed by atoms with Gasteiger partial charge in [0, 0.05) is 26.1 Å². The van der Waals surface area contributed by atoms with Crippen LogP contribution in [0.1, 0.15) is 57.1 Å². The molecule has 16 heteroatoms. The molecule has 2 aliphatic heterocycles. The minimum absolute atomic E-state index is 0.0330. The number of nitrogens with two attached hydrogens (primary N) is 2. The fourth-order valence-corrected chi connectivity index (χ4v) is 7.94. The zero-order valence-electron chi connectivity index (χ0n) is 31.3. The Morgan fingerprint density at radius 3 is 1.87 bits per heavy atom. The van der Waals surface area contributed by atoms with E-state index in [0.717, 1.165) is 26.6 Å². The Labute approximate surface area is 317 Å². The van der Waals surface area contributed by atoms with Crippen LogP contribution in [-0.2, 0) is 42.0 Å². The monoisotopic (exact) mass is 775 g/mol. The Morgan fingerprint density at radius 1 is 0.796 bits per heavy atom. The van der Waals surface area contributed by atoms with Crippen LogP contribution in [-0.4, -0.2) is 110 Å². The van der Waals surface area contributed by atoms with E-state index in [2.05, 4.69) is 16.0 Å². The molecule has 2 aliphatic rings. The molecule has 13 nitrogen and oxygen atoms in total. The van der Waals surface area contributed by atoms with E-state index in [9.17, 15) is 27.6 Å². The number of alkyl halides is 2. The third kappa shape index (κ3) is 11.3. The van der Waals surface area contributed by atoms with E-state index in [4.69, 9.17) is 11.5 Å². The summed E-state index contributed by atoms with van der Waals surface area (Å²) in [6.45, 7) is 2.46. The van der Waals surface area contributed by atoms with Crippen LogP contribution in [0.25, 0.3) is 0 Å². The number of piperidine rings is 1. The highest BCUT2D eigenvalue weighted by Gasteiger charge is 2.64. The number of benzene rings is 2. The number of likely N-dealkylation sites (tertiary alicyclic amines) is 1. The molecule has 1 spiro atoms. The molecule has 2 aromatic rings. The molecule has 2 heterocycles. The third-order valence-corrected chi connectivity index (χ3v) is 11.4. The summed E-state index contributed by atoms with van der Waals surface area (Å²) >= 11 is 0. The number of sulfonamides is 1. The van der Waals surface area contributed by atoms with Gasteiger partial charge in [0.05, 0.1) is 24.3 Å². The molecule has 0 aromatic heterocycles. The normalized spacial score (nSPS) is 18.9. The number of unbranched alkanes of at least 4 members (excludes halogenated alkanes) is 1. The molecular formula is C38H55F2N7O6S. The summed E-state index contributed by atoms with van der Waals surface area (Å²) in [7, 11) is -3.62. The molecule has 7 N–H and O–H groups in total. The number of amides is 4. The highest BCUT2D eigenvalue weighted by molar-refractivity contribution is 7.88. The van der Waals surface area contributed by atoms with Gasteiger partial charge in [-0.25, -0.2) is 21.5 Å². The Kier molecular flexibility index (Phi) is 14.7. The first kappa shape index (κ1) is 42.7. The number of halogens is 2. The van der Waals surface area contributed by atoms with Gasteiger partial charge in [-0.3, -0.25) is 19.2 Å². The van der Waals surface area contributed by atoms with Crippen LogP contribution in [0.2, 0.25) is 0 Å². The molecule has 0 aliphatic carbocycles. The van der Waals surface area contributed by atoms with Crippen LogP contribution in [0.3, 0.4) is 0 Å². The lowest BCUT2D eigenvalue weighted by molar-refractivity contribution is -0.210. The third-order valence-electron chi connectivity index (χ3n) is 10.2. The molecular weight excluding hydrogens is 721 g/mol. The number of carbonyl (C=O) groups is 4. The van der Waals surface area contributed by atoms with Crippen molar-refractivity contribution in [1.29, 1.82) is 0 Å². The molecule has 4 atom stereocenters. The van der Waals surface area contributed by atoms with Crippen LogP contribution in [0.4, 0.5) is 8.78 Å². The number of nitrogens with zero attached hydrogens (tertiary/aromatic N) is 2. The molecule has 0 unspecified atom stereocenters. The zero-order valence-corrected chi connectivity index (χ0v) is 32.1. The van der Waals surface area contributed by atoms with Gasteiger partial charge in [-0.2, -0.15) is 0 Å². The molecule has 0 bridgehead atoms. The van der Waals surface area contributed by atoms with Crippen molar-refractivity contribution in [1.82, 2.24) is 25.2 Å². The molecule has 2 aromatic carbocycles. The maximum Gasteiger partial charge on any atom is 0.273 e. The van der Waals surface area contributed by atoms with Gasteiger partial charge in [-0.15, -0.1) is 0 Å². The Morgan fingerprint density at radius 2 is 1.33 bits per heavy atom. The van der Waals surface area contributed by atoms with Crippen LogP contribution in [0.15, 0.2) is 60.7 Å². The quantitative estimate of drug-likeness (QED) is 0.141. The van der Waals surface area contributed by atoms with Gasteiger partial charge in [0.15, 0.2) is 0 Å². The van der Waals surface area contributed by atoms with E-state index in [-0.39, 0.29) is 57.7 Å². The smallest absolute Gasteiger partial charge is 0.273 e. The van der Waals surface area contributed by atoms with Crippen molar-refractivity contribution in [2.45, 2.75) is 88.9 Å². The van der Waals surface area contributed by atoms with Crippen LogP contribution in [0.5, 0.6) is 0 Å². The van der Waals surface area contributed by atoms with Crippen molar-refractivity contribution in [3.8, 4) is 0 Å². The summed E-state index contributed by atoms with van der Waals surface area (Å²) in [5.74, 6) is -5.97. The first-order valence-corrected chi connectivity index (χ1v) is 20.4. The van der Waals surface area contributed by atoms with Crippen LogP contribution >= 0.6 is 0 Å². The Balaban J connectivity index is 1.48. The number of hydrogen-bond acceptors (Lipinski definition) is 8. The summed E-state index contributed by atoms with van der Waals surface area (Å²) in [6.07, 6.45) is 2.50. The van der Waals surface area contributed by atoms with Crippen molar-refractivity contribution in [3.05, 3.63) is 71.8 Å². The van der Waals surface area contributed by atoms with E-state index in [1.165, 1.54) is 0 Å². The SMILES string of the molecule is CC(C)C[C@@H](NC(=O)[C@@H](Cc1ccccc1)NC(=O)[C@H](N)Cc1ccccc1)C(=O)N[C@H](CCCCN)C(=O)N1CCC2(CN(S(C)(=O)=O)C2)C(F)(F)C1. The van der Waals surface area contributed by atoms with Crippen LogP contribution < -0.4 is 27.4 Å². The highest BCUT2D eigenvalue weighted by atomic mass is 32.2. The van der Waals surface area contributed by atoms with E-state index >= 15 is 8.78 Å². The number of carbonyl (C=O) groups excluding carboxylic acids is 4. The average Bonchev–Trinajstić information content (AvgIpc) is 3.09. The number of rotatable bonds is 18. The molecule has 0 saturated carbocycles. The summed E-state index contributed by atoms with van der Waals surface area (Å²) in [4.78, 5) is 56.0. The van der Waals surface area contributed by atoms with Crippen molar-refractivity contribution in [2.24, 2.45) is 22.8 Å². The second-order valence-electron chi connectivity index (χ2n) is 15.1. The van der Waals surface area contributed by atoms with E-state index in [1.54, 1.807) is 12.1 Å². The summed E-state index contributed by atoms with van der Waals surface area (Å²) < 4.78 is 56.0. The largest absolute Gasteiger partial charge is 0.343 e. The second kappa shape index (κ2) is 18.6. The predicted octanol–water partition coefficient (Wildman–Crippen LogP) is 1.56. The second-order valence-corrected chi connectivity index (χ2v) is 17.1. The highest BCUT2D eigenvalue weighted by Crippen LogP contribution is 2.50. The van der Waals surface area contributed by atoms with Gasteiger partial charge < -0.3 is 32.3 Å². The van der Waals surface area contributed by atoms with Crippen molar-refractivity contribution in [2.75, 3.05) is 39.0 Å². The molecule has 54 heavy (non-hydrogen) atoms. The Hall–Kier alpha value is -3.99. The maximum absolute atomic E-state index is 15.6. The van der Waals surface area contributed by atoms with E-state index in [1.807, 2.05) is 62.4 Å². The molecule has 0 radical (unpaired) electrons. The van der Waals surface area contributed by atoms with Gasteiger partial charge in [0.1, 0.15) is 18.1 Å². The van der Waals surface area contributed by atoms with Crippen molar-refractivity contribution in [3.63, 3.8) is 0 Å². The van der Waals surface area contributed by atoms with Crippen LogP contribution in [0, 0.1) is 11.3 Å². The zero-order chi connectivity index (χ0) is 39.7. The summed E-state index contributed by atoms with van der Waals surface area (Å²) in [6, 6.07) is 13.9. The lowest BCUT2D eigenvalue weighted by atomic mass is 9.70. The lowest BCUT2D eigenvalue weighted by Crippen LogP contribution is -2.71. The minimum atomic E-state index is -3.62. The first-order chi connectivity index (χ1) is 25.4. The fraction of sp³-hybridized carbons (Fsp3) is 0.579. The van der Waals surface area contributed by atoms with Crippen molar-refractivity contribution < 1.29 is 36.4 Å². The predicted molar refractivity (Wildman–Crippen MR) is 201 cm³/mol. The Bertz CT molecular complexity index is 1690. The van der Waals surface area contributed by atoms with E-state index < -0.39 is 75.7 Å². The van der Waals surface area contributed by atoms with Crippen molar-refractivity contribution >= 4 is 33.7 Å². The minimum Gasteiger partial charge on any atom is -0.343 e. The fourth-order valence-electron chi connectivity index (χ4n) is 6.98. The lowest BCUT2D eigenvalue weighted by Gasteiger charge is -2.56. The molecule has 2 fully saturated rings. The maximum atomic E-state index is 15.6. The summed E-state index contributed by atoms with van der Waals surface area (Å²) in [5.41, 5.74) is 12.0. The van der Waals surface area contributed by atoms with Gasteiger partial charge in [-0.05, 0) is 62.1 Å². The van der Waals surface area contributed by atoms with E-state index in [0.29, 0.717) is 19.4 Å². The summed E-state index contributed by atoms with van der Waals surface area (Å²) in [5, 5.41) is 8.29. The van der Waals surface area contributed by atoms with Gasteiger partial charge in [-0.1, -0.05) is 74.5 Å². The molecule has 4 rings (SSSR count). The topological polar surface area (TPSA) is 197 Å². The first-order valence-electron chi connectivity index (χ1n) is 18.5. The molecule has 2 saturated heterocycles. The standard InChI is InChI=1S/C38H55F2N7O6S/c1-26(2)20-31(45-35(50)32(22-28-14-8-5-9-15-28)44-33(48)29(42)21-27-12-6-4-7-13-27)34(49)43-30(16-10-11-18-41)36(51)46-19-17-37(38(39,40)25-46)23-47(24-37)54(3,52)53/h4-9,12-15,26,29-32H,10-11,16-25,41-42H2,1-3H3,(H,43,49)(H,44,48)(H,45,50)/t29-,30-,31-,32-/m1/s1. The molecule has 4 amide bonds. The molecule has 298 valence electrons. The van der Waals surface area contributed by atoms with Gasteiger partial charge >= 0.3 is 0 Å². The number of nitrogens with one attached hydrogen (secondary N) is 3. The van der Waals surface area contributed by atoms with Gasteiger partial charge in [0.25, 0.3) is 5.92 Å².